The Morgan fingerprint density at radius 3 is 1.89 bits per heavy atom. The van der Waals surface area contributed by atoms with Crippen molar-refractivity contribution in [1.29, 1.82) is 0 Å². The van der Waals surface area contributed by atoms with Gasteiger partial charge in [0, 0.05) is 6.54 Å². The van der Waals surface area contributed by atoms with Crippen LogP contribution in [0, 0.1) is 5.41 Å². The van der Waals surface area contributed by atoms with Crippen molar-refractivity contribution >= 4 is 0 Å². The van der Waals surface area contributed by atoms with Gasteiger partial charge in [-0.1, -0.05) is 52.0 Å². The van der Waals surface area contributed by atoms with Crippen molar-refractivity contribution in [1.82, 2.24) is 4.90 Å². The van der Waals surface area contributed by atoms with Crippen LogP contribution in [0.5, 0.6) is 0 Å². The Hall–Kier alpha value is -0.860. The molecule has 0 saturated carbocycles. The molecule has 108 valence electrons. The predicted octanol–water partition coefficient (Wildman–Crippen LogP) is 3.05. The van der Waals surface area contributed by atoms with Gasteiger partial charge < -0.3 is 10.6 Å². The third-order valence-electron chi connectivity index (χ3n) is 3.64. The van der Waals surface area contributed by atoms with E-state index in [1.54, 1.807) is 0 Å². The minimum Gasteiger partial charge on any atom is -0.330 e. The smallest absolute Gasteiger partial charge is 0.00445 e. The molecule has 0 radical (unpaired) electrons. The first kappa shape index (κ1) is 16.2. The predicted molar refractivity (Wildman–Crippen MR) is 84.6 cm³/mol. The van der Waals surface area contributed by atoms with Gasteiger partial charge in [-0.25, -0.2) is 0 Å². The first-order valence-electron chi connectivity index (χ1n) is 7.10. The SMILES string of the molecule is CN(C)CC(C)(CN)Cc1ccc(C(C)(C)C)cc1. The molecule has 0 fully saturated rings. The molecule has 2 heteroatoms. The maximum atomic E-state index is 5.98. The molecular formula is C17H30N2. The molecule has 0 aromatic heterocycles. The Kier molecular flexibility index (Phi) is 5.17. The molecule has 0 bridgehead atoms. The molecule has 1 unspecified atom stereocenters. The van der Waals surface area contributed by atoms with Crippen LogP contribution >= 0.6 is 0 Å². The van der Waals surface area contributed by atoms with Gasteiger partial charge in [-0.05, 0) is 49.0 Å². The number of hydrogen-bond donors (Lipinski definition) is 1. The van der Waals surface area contributed by atoms with Crippen LogP contribution in [0.25, 0.3) is 0 Å². The molecule has 19 heavy (non-hydrogen) atoms. The van der Waals surface area contributed by atoms with Crippen LogP contribution in [0.1, 0.15) is 38.8 Å². The van der Waals surface area contributed by atoms with Crippen molar-refractivity contribution in [3.05, 3.63) is 35.4 Å². The van der Waals surface area contributed by atoms with Crippen LogP contribution in [0.4, 0.5) is 0 Å². The number of hydrogen-bond acceptors (Lipinski definition) is 2. The van der Waals surface area contributed by atoms with Gasteiger partial charge in [-0.2, -0.15) is 0 Å². The van der Waals surface area contributed by atoms with Crippen LogP contribution in [-0.4, -0.2) is 32.1 Å². The summed E-state index contributed by atoms with van der Waals surface area (Å²) in [6, 6.07) is 9.01. The number of nitrogens with zero attached hydrogens (tertiary/aromatic N) is 1. The van der Waals surface area contributed by atoms with Crippen molar-refractivity contribution in [2.24, 2.45) is 11.1 Å². The van der Waals surface area contributed by atoms with E-state index in [9.17, 15) is 0 Å². The molecule has 1 atom stereocenters. The zero-order chi connectivity index (χ0) is 14.7. The fourth-order valence-electron chi connectivity index (χ4n) is 2.57. The average molecular weight is 262 g/mol. The van der Waals surface area contributed by atoms with Crippen molar-refractivity contribution < 1.29 is 0 Å². The van der Waals surface area contributed by atoms with Gasteiger partial charge in [0.25, 0.3) is 0 Å². The van der Waals surface area contributed by atoms with E-state index < -0.39 is 0 Å². The van der Waals surface area contributed by atoms with Gasteiger partial charge >= 0.3 is 0 Å². The van der Waals surface area contributed by atoms with E-state index in [2.05, 4.69) is 71.0 Å². The average Bonchev–Trinajstić information content (AvgIpc) is 2.27. The third kappa shape index (κ3) is 4.96. The Morgan fingerprint density at radius 2 is 1.53 bits per heavy atom. The van der Waals surface area contributed by atoms with Crippen molar-refractivity contribution in [3.63, 3.8) is 0 Å². The molecule has 1 rings (SSSR count). The quantitative estimate of drug-likeness (QED) is 0.883. The Morgan fingerprint density at radius 1 is 1.00 bits per heavy atom. The first-order chi connectivity index (χ1) is 8.66. The lowest BCUT2D eigenvalue weighted by molar-refractivity contribution is 0.224. The number of rotatable bonds is 5. The molecule has 0 saturated heterocycles. The van der Waals surface area contributed by atoms with Crippen molar-refractivity contribution in [3.8, 4) is 0 Å². The van der Waals surface area contributed by atoms with Crippen molar-refractivity contribution in [2.75, 3.05) is 27.2 Å². The summed E-state index contributed by atoms with van der Waals surface area (Å²) < 4.78 is 0. The van der Waals surface area contributed by atoms with Crippen LogP contribution in [0.3, 0.4) is 0 Å². The molecule has 0 aliphatic rings. The van der Waals surface area contributed by atoms with Gasteiger partial charge in [0.05, 0.1) is 0 Å². The lowest BCUT2D eigenvalue weighted by Gasteiger charge is -2.31. The number of nitrogens with two attached hydrogens (primary N) is 1. The highest BCUT2D eigenvalue weighted by atomic mass is 15.1. The van der Waals surface area contributed by atoms with E-state index >= 15 is 0 Å². The second-order valence-corrected chi connectivity index (χ2v) is 7.38. The van der Waals surface area contributed by atoms with Crippen LogP contribution < -0.4 is 5.73 Å². The fourth-order valence-corrected chi connectivity index (χ4v) is 2.57. The van der Waals surface area contributed by atoms with Crippen LogP contribution in [0.2, 0.25) is 0 Å². The topological polar surface area (TPSA) is 29.3 Å². The molecule has 0 aliphatic heterocycles. The highest BCUT2D eigenvalue weighted by Crippen LogP contribution is 2.26. The molecule has 0 heterocycles. The zero-order valence-electron chi connectivity index (χ0n) is 13.5. The summed E-state index contributed by atoms with van der Waals surface area (Å²) in [5.41, 5.74) is 9.11. The van der Waals surface area contributed by atoms with Crippen LogP contribution in [-0.2, 0) is 11.8 Å². The fraction of sp³-hybridized carbons (Fsp3) is 0.647. The first-order valence-corrected chi connectivity index (χ1v) is 7.10. The highest BCUT2D eigenvalue weighted by Gasteiger charge is 2.24. The maximum Gasteiger partial charge on any atom is 0.00445 e. The molecular weight excluding hydrogens is 232 g/mol. The summed E-state index contributed by atoms with van der Waals surface area (Å²) in [6.07, 6.45) is 1.03. The summed E-state index contributed by atoms with van der Waals surface area (Å²) in [6.45, 7) is 10.7. The van der Waals surface area contributed by atoms with Crippen LogP contribution in [0.15, 0.2) is 24.3 Å². The summed E-state index contributed by atoms with van der Waals surface area (Å²) >= 11 is 0. The van der Waals surface area contributed by atoms with E-state index in [0.717, 1.165) is 13.0 Å². The highest BCUT2D eigenvalue weighted by molar-refractivity contribution is 5.28. The van der Waals surface area contributed by atoms with E-state index in [4.69, 9.17) is 5.73 Å². The Bertz CT molecular complexity index is 387. The largest absolute Gasteiger partial charge is 0.330 e. The van der Waals surface area contributed by atoms with E-state index in [1.807, 2.05) is 0 Å². The summed E-state index contributed by atoms with van der Waals surface area (Å²) in [5, 5.41) is 0. The van der Waals surface area contributed by atoms with Gasteiger partial charge in [0.1, 0.15) is 0 Å². The van der Waals surface area contributed by atoms with Gasteiger partial charge in [-0.3, -0.25) is 0 Å². The minimum absolute atomic E-state index is 0.146. The van der Waals surface area contributed by atoms with E-state index in [0.29, 0.717) is 6.54 Å². The summed E-state index contributed by atoms with van der Waals surface area (Å²) in [5.74, 6) is 0. The van der Waals surface area contributed by atoms with E-state index in [-0.39, 0.29) is 10.8 Å². The molecule has 0 amide bonds. The minimum atomic E-state index is 0.146. The summed E-state index contributed by atoms with van der Waals surface area (Å²) in [7, 11) is 4.22. The second-order valence-electron chi connectivity index (χ2n) is 7.38. The van der Waals surface area contributed by atoms with Gasteiger partial charge in [0.2, 0.25) is 0 Å². The molecule has 1 aromatic carbocycles. The summed E-state index contributed by atoms with van der Waals surface area (Å²) in [4.78, 5) is 2.22. The third-order valence-corrected chi connectivity index (χ3v) is 3.64. The Labute approximate surface area is 119 Å². The molecule has 2 N–H and O–H groups in total. The van der Waals surface area contributed by atoms with Gasteiger partial charge in [-0.15, -0.1) is 0 Å². The zero-order valence-corrected chi connectivity index (χ0v) is 13.5. The standard InChI is InChI=1S/C17H30N2/c1-16(2,3)15-9-7-14(8-10-15)11-17(4,12-18)13-19(5)6/h7-10H,11-13,18H2,1-6H3. The Balaban J connectivity index is 2.82. The monoisotopic (exact) mass is 262 g/mol. The lowest BCUT2D eigenvalue weighted by Crippen LogP contribution is -2.39. The molecule has 0 spiro atoms. The lowest BCUT2D eigenvalue weighted by atomic mass is 9.81. The second kappa shape index (κ2) is 6.06. The van der Waals surface area contributed by atoms with Gasteiger partial charge in [0.15, 0.2) is 0 Å². The normalized spacial score (nSPS) is 15.6. The maximum absolute atomic E-state index is 5.98. The molecule has 1 aromatic rings. The molecule has 2 nitrogen and oxygen atoms in total. The number of benzene rings is 1. The molecule has 0 aliphatic carbocycles. The van der Waals surface area contributed by atoms with E-state index in [1.165, 1.54) is 11.1 Å². The van der Waals surface area contributed by atoms with Crippen molar-refractivity contribution in [2.45, 2.75) is 39.5 Å².